The van der Waals surface area contributed by atoms with Crippen molar-refractivity contribution in [3.8, 4) is 11.4 Å². The second kappa shape index (κ2) is 6.90. The SMILES string of the molecule is CCCCn1c(=O)[nH]c(=O)c2c1nc(-c1ccncc1)n2C1CCCC1. The smallest absolute Gasteiger partial charge is 0.315 e. The van der Waals surface area contributed by atoms with E-state index in [1.54, 1.807) is 17.0 Å². The minimum atomic E-state index is -0.381. The number of hydrogen-bond donors (Lipinski definition) is 1. The van der Waals surface area contributed by atoms with Crippen LogP contribution in [-0.4, -0.2) is 24.1 Å². The fourth-order valence-electron chi connectivity index (χ4n) is 3.89. The molecule has 1 N–H and O–H groups in total. The van der Waals surface area contributed by atoms with Crippen molar-refractivity contribution in [3.05, 3.63) is 45.4 Å². The van der Waals surface area contributed by atoms with Crippen LogP contribution in [0.3, 0.4) is 0 Å². The molecule has 0 saturated heterocycles. The summed E-state index contributed by atoms with van der Waals surface area (Å²) in [5, 5.41) is 0. The topological polar surface area (TPSA) is 85.6 Å². The lowest BCUT2D eigenvalue weighted by atomic mass is 10.2. The van der Waals surface area contributed by atoms with Crippen molar-refractivity contribution in [2.75, 3.05) is 0 Å². The van der Waals surface area contributed by atoms with Crippen molar-refractivity contribution in [3.63, 3.8) is 0 Å². The summed E-state index contributed by atoms with van der Waals surface area (Å²) in [6.07, 6.45) is 9.62. The Morgan fingerprint density at radius 2 is 1.92 bits per heavy atom. The molecule has 1 fully saturated rings. The molecule has 0 unspecified atom stereocenters. The van der Waals surface area contributed by atoms with Crippen LogP contribution in [0.1, 0.15) is 51.5 Å². The fourth-order valence-corrected chi connectivity index (χ4v) is 3.89. The lowest BCUT2D eigenvalue weighted by Crippen LogP contribution is -2.31. The van der Waals surface area contributed by atoms with Gasteiger partial charge in [-0.3, -0.25) is 19.3 Å². The minimum Gasteiger partial charge on any atom is -0.315 e. The first-order valence-corrected chi connectivity index (χ1v) is 9.36. The number of pyridine rings is 1. The Hall–Kier alpha value is -2.70. The maximum Gasteiger partial charge on any atom is 0.330 e. The number of aromatic nitrogens is 5. The van der Waals surface area contributed by atoms with Gasteiger partial charge >= 0.3 is 5.69 Å². The van der Waals surface area contributed by atoms with E-state index in [0.29, 0.717) is 17.7 Å². The molecular weight excluding hydrogens is 330 g/mol. The summed E-state index contributed by atoms with van der Waals surface area (Å²) in [5.41, 5.74) is 1.19. The van der Waals surface area contributed by atoms with Gasteiger partial charge in [0.2, 0.25) is 0 Å². The molecule has 26 heavy (non-hydrogen) atoms. The molecule has 0 aromatic carbocycles. The zero-order valence-electron chi connectivity index (χ0n) is 14.9. The second-order valence-electron chi connectivity index (χ2n) is 6.92. The summed E-state index contributed by atoms with van der Waals surface area (Å²) in [4.78, 5) is 36.5. The van der Waals surface area contributed by atoms with Crippen molar-refractivity contribution in [2.24, 2.45) is 0 Å². The summed E-state index contributed by atoms with van der Waals surface area (Å²) in [5.74, 6) is 0.746. The van der Waals surface area contributed by atoms with Crippen LogP contribution in [0.25, 0.3) is 22.6 Å². The molecular formula is C19H23N5O2. The van der Waals surface area contributed by atoms with Crippen LogP contribution in [0.5, 0.6) is 0 Å². The van der Waals surface area contributed by atoms with Gasteiger partial charge in [-0.2, -0.15) is 0 Å². The maximum atomic E-state index is 12.7. The van der Waals surface area contributed by atoms with Gasteiger partial charge in [-0.1, -0.05) is 26.2 Å². The van der Waals surface area contributed by atoms with Crippen molar-refractivity contribution in [2.45, 2.75) is 58.0 Å². The van der Waals surface area contributed by atoms with Crippen molar-refractivity contribution in [1.29, 1.82) is 0 Å². The average Bonchev–Trinajstić information content (AvgIpc) is 3.30. The molecule has 0 atom stereocenters. The van der Waals surface area contributed by atoms with E-state index >= 15 is 0 Å². The lowest BCUT2D eigenvalue weighted by molar-refractivity contribution is 0.535. The molecule has 1 saturated carbocycles. The van der Waals surface area contributed by atoms with Crippen LogP contribution in [0.4, 0.5) is 0 Å². The van der Waals surface area contributed by atoms with E-state index in [1.807, 2.05) is 12.1 Å². The Labute approximate surface area is 150 Å². The van der Waals surface area contributed by atoms with E-state index in [1.165, 1.54) is 0 Å². The standard InChI is InChI=1S/C19H23N5O2/c1-2-3-12-23-17-15(18(25)22-19(23)26)24(14-6-4-5-7-14)16(21-17)13-8-10-20-11-9-13/h8-11,14H,2-7,12H2,1H3,(H,22,25,26). The van der Waals surface area contributed by atoms with E-state index in [9.17, 15) is 9.59 Å². The Morgan fingerprint density at radius 3 is 2.62 bits per heavy atom. The molecule has 0 bridgehead atoms. The van der Waals surface area contributed by atoms with Gasteiger partial charge in [0.05, 0.1) is 0 Å². The number of aryl methyl sites for hydroxylation is 1. The van der Waals surface area contributed by atoms with Crippen molar-refractivity contribution in [1.82, 2.24) is 24.1 Å². The molecule has 4 rings (SSSR count). The van der Waals surface area contributed by atoms with E-state index in [0.717, 1.165) is 49.9 Å². The second-order valence-corrected chi connectivity index (χ2v) is 6.92. The monoisotopic (exact) mass is 353 g/mol. The van der Waals surface area contributed by atoms with Gasteiger partial charge in [0.1, 0.15) is 5.82 Å². The molecule has 1 aliphatic carbocycles. The molecule has 1 aliphatic rings. The third-order valence-electron chi connectivity index (χ3n) is 5.19. The van der Waals surface area contributed by atoms with Gasteiger partial charge in [0, 0.05) is 30.5 Å². The number of fused-ring (bicyclic) bond motifs is 1. The van der Waals surface area contributed by atoms with E-state index in [-0.39, 0.29) is 17.3 Å². The van der Waals surface area contributed by atoms with Crippen molar-refractivity contribution < 1.29 is 0 Å². The first kappa shape index (κ1) is 16.8. The van der Waals surface area contributed by atoms with Crippen molar-refractivity contribution >= 4 is 11.2 Å². The Bertz CT molecular complexity index is 1030. The van der Waals surface area contributed by atoms with Gasteiger partial charge in [-0.25, -0.2) is 9.78 Å². The van der Waals surface area contributed by atoms with Gasteiger partial charge in [0.15, 0.2) is 11.2 Å². The number of rotatable bonds is 5. The number of imidazole rings is 1. The molecule has 0 radical (unpaired) electrons. The molecule has 3 aromatic rings. The normalized spacial score (nSPS) is 15.1. The number of unbranched alkanes of at least 4 members (excludes halogenated alkanes) is 1. The number of aromatic amines is 1. The third kappa shape index (κ3) is 2.77. The summed E-state index contributed by atoms with van der Waals surface area (Å²) in [6, 6.07) is 4.03. The van der Waals surface area contributed by atoms with Gasteiger partial charge < -0.3 is 4.57 Å². The van der Waals surface area contributed by atoms with Gasteiger partial charge in [-0.05, 0) is 31.4 Å². The number of H-pyrrole nitrogens is 1. The van der Waals surface area contributed by atoms with Crippen LogP contribution < -0.4 is 11.2 Å². The Balaban J connectivity index is 2.03. The van der Waals surface area contributed by atoms with Crippen LogP contribution in [0, 0.1) is 0 Å². The largest absolute Gasteiger partial charge is 0.330 e. The Kier molecular flexibility index (Phi) is 4.44. The third-order valence-corrected chi connectivity index (χ3v) is 5.19. The van der Waals surface area contributed by atoms with E-state index in [4.69, 9.17) is 4.98 Å². The average molecular weight is 353 g/mol. The highest BCUT2D eigenvalue weighted by atomic mass is 16.2. The molecule has 136 valence electrons. The highest BCUT2D eigenvalue weighted by molar-refractivity contribution is 5.77. The Morgan fingerprint density at radius 1 is 1.19 bits per heavy atom. The molecule has 0 spiro atoms. The van der Waals surface area contributed by atoms with Crippen LogP contribution in [-0.2, 0) is 6.54 Å². The summed E-state index contributed by atoms with van der Waals surface area (Å²) >= 11 is 0. The van der Waals surface area contributed by atoms with Gasteiger partial charge in [0.25, 0.3) is 5.56 Å². The fraction of sp³-hybridized carbons (Fsp3) is 0.474. The quantitative estimate of drug-likeness (QED) is 0.764. The predicted octanol–water partition coefficient (Wildman–Crippen LogP) is 2.86. The molecule has 7 heteroatoms. The molecule has 0 amide bonds. The zero-order valence-corrected chi connectivity index (χ0v) is 14.9. The lowest BCUT2D eigenvalue weighted by Gasteiger charge is -2.16. The molecule has 0 aliphatic heterocycles. The first-order valence-electron chi connectivity index (χ1n) is 9.36. The highest BCUT2D eigenvalue weighted by Crippen LogP contribution is 2.35. The summed E-state index contributed by atoms with van der Waals surface area (Å²) < 4.78 is 3.66. The maximum absolute atomic E-state index is 12.7. The van der Waals surface area contributed by atoms with E-state index < -0.39 is 0 Å². The number of hydrogen-bond acceptors (Lipinski definition) is 4. The van der Waals surface area contributed by atoms with Crippen LogP contribution in [0.15, 0.2) is 34.1 Å². The number of nitrogens with zero attached hydrogens (tertiary/aromatic N) is 4. The highest BCUT2D eigenvalue weighted by Gasteiger charge is 2.26. The predicted molar refractivity (Wildman–Crippen MR) is 100 cm³/mol. The van der Waals surface area contributed by atoms with Crippen LogP contribution >= 0.6 is 0 Å². The van der Waals surface area contributed by atoms with Gasteiger partial charge in [-0.15, -0.1) is 0 Å². The zero-order chi connectivity index (χ0) is 18.1. The minimum absolute atomic E-state index is 0.237. The summed E-state index contributed by atoms with van der Waals surface area (Å²) in [7, 11) is 0. The molecule has 7 nitrogen and oxygen atoms in total. The van der Waals surface area contributed by atoms with Crippen LogP contribution in [0.2, 0.25) is 0 Å². The first-order chi connectivity index (χ1) is 12.7. The van der Waals surface area contributed by atoms with E-state index in [2.05, 4.69) is 21.5 Å². The number of nitrogens with one attached hydrogen (secondary N) is 1. The molecule has 3 aromatic heterocycles. The molecule has 3 heterocycles. The summed E-state index contributed by atoms with van der Waals surface area (Å²) in [6.45, 7) is 2.63.